The Hall–Kier alpha value is -0.970. The molecule has 0 spiro atoms. The molecule has 0 saturated heterocycles. The third-order valence-corrected chi connectivity index (χ3v) is 2.80. The molecule has 1 aromatic heterocycles. The first-order valence-corrected chi connectivity index (χ1v) is 6.86. The summed E-state index contributed by atoms with van der Waals surface area (Å²) in [6, 6.07) is 2.00. The predicted molar refractivity (Wildman–Crippen MR) is 72.6 cm³/mol. The minimum Gasteiger partial charge on any atom is -0.370 e. The maximum Gasteiger partial charge on any atom is 0.134 e. The summed E-state index contributed by atoms with van der Waals surface area (Å²) >= 11 is 1.84. The molecule has 0 bridgehead atoms. The monoisotopic (exact) mass is 240 g/mol. The van der Waals surface area contributed by atoms with Crippen LogP contribution in [0.3, 0.4) is 0 Å². The summed E-state index contributed by atoms with van der Waals surface area (Å²) < 4.78 is 0. The van der Waals surface area contributed by atoms with Crippen LogP contribution in [0.1, 0.15) is 12.7 Å². The zero-order chi connectivity index (χ0) is 12.0. The smallest absolute Gasteiger partial charge is 0.134 e. The lowest BCUT2D eigenvalue weighted by molar-refractivity contribution is 0.917. The number of anilines is 2. The van der Waals surface area contributed by atoms with Gasteiger partial charge in [0.25, 0.3) is 0 Å². The highest BCUT2D eigenvalue weighted by Crippen LogP contribution is 2.14. The summed E-state index contributed by atoms with van der Waals surface area (Å²) in [7, 11) is 2.06. The molecule has 4 nitrogen and oxygen atoms in total. The number of hydrogen-bond donors (Lipinski definition) is 1. The van der Waals surface area contributed by atoms with Gasteiger partial charge in [0.2, 0.25) is 0 Å². The fourth-order valence-corrected chi connectivity index (χ4v) is 1.82. The maximum absolute atomic E-state index is 4.43. The number of nitrogens with zero attached hydrogens (tertiary/aromatic N) is 3. The van der Waals surface area contributed by atoms with Crippen molar-refractivity contribution in [1.29, 1.82) is 0 Å². The molecule has 1 N–H and O–H groups in total. The molecule has 0 fully saturated rings. The SMILES string of the molecule is CCNc1cc(N(C)CCSC)nc(C)n1. The molecule has 0 saturated carbocycles. The van der Waals surface area contributed by atoms with E-state index in [1.807, 2.05) is 24.8 Å². The Labute approximate surface area is 102 Å². The largest absolute Gasteiger partial charge is 0.370 e. The molecule has 0 radical (unpaired) electrons. The molecule has 90 valence electrons. The Morgan fingerprint density at radius 1 is 1.44 bits per heavy atom. The van der Waals surface area contributed by atoms with Crippen molar-refractivity contribution in [3.05, 3.63) is 11.9 Å². The van der Waals surface area contributed by atoms with Crippen LogP contribution in [0.4, 0.5) is 11.6 Å². The second-order valence-electron chi connectivity index (χ2n) is 3.60. The van der Waals surface area contributed by atoms with E-state index in [2.05, 4.69) is 40.4 Å². The van der Waals surface area contributed by atoms with E-state index in [0.717, 1.165) is 36.3 Å². The van der Waals surface area contributed by atoms with Gasteiger partial charge in [-0.05, 0) is 20.1 Å². The number of aromatic nitrogens is 2. The Morgan fingerprint density at radius 2 is 2.19 bits per heavy atom. The van der Waals surface area contributed by atoms with Crippen LogP contribution in [0, 0.1) is 6.92 Å². The van der Waals surface area contributed by atoms with Crippen molar-refractivity contribution in [2.24, 2.45) is 0 Å². The summed E-state index contributed by atoms with van der Waals surface area (Å²) in [6.07, 6.45) is 2.11. The van der Waals surface area contributed by atoms with Gasteiger partial charge in [-0.2, -0.15) is 11.8 Å². The lowest BCUT2D eigenvalue weighted by Gasteiger charge is -2.18. The normalized spacial score (nSPS) is 10.2. The number of rotatable bonds is 6. The molecule has 0 aliphatic carbocycles. The highest BCUT2D eigenvalue weighted by molar-refractivity contribution is 7.98. The minimum atomic E-state index is 0.810. The summed E-state index contributed by atoms with van der Waals surface area (Å²) in [6.45, 7) is 5.87. The third-order valence-electron chi connectivity index (χ3n) is 2.20. The molecular formula is C11H20N4S. The minimum absolute atomic E-state index is 0.810. The summed E-state index contributed by atoms with van der Waals surface area (Å²) in [5.74, 6) is 3.80. The fraction of sp³-hybridized carbons (Fsp3) is 0.636. The third kappa shape index (κ3) is 3.89. The van der Waals surface area contributed by atoms with E-state index < -0.39 is 0 Å². The van der Waals surface area contributed by atoms with Gasteiger partial charge in [0.15, 0.2) is 0 Å². The number of aryl methyl sites for hydroxylation is 1. The van der Waals surface area contributed by atoms with E-state index in [1.165, 1.54) is 0 Å². The summed E-state index contributed by atoms with van der Waals surface area (Å²) in [5, 5.41) is 3.22. The van der Waals surface area contributed by atoms with Gasteiger partial charge in [0.1, 0.15) is 17.5 Å². The Morgan fingerprint density at radius 3 is 2.81 bits per heavy atom. The molecule has 16 heavy (non-hydrogen) atoms. The Bertz CT molecular complexity index is 330. The van der Waals surface area contributed by atoms with Crippen LogP contribution in [0.15, 0.2) is 6.07 Å². The molecule has 1 rings (SSSR count). The molecule has 5 heteroatoms. The number of thioether (sulfide) groups is 1. The van der Waals surface area contributed by atoms with Crippen molar-refractivity contribution in [1.82, 2.24) is 9.97 Å². The van der Waals surface area contributed by atoms with Crippen LogP contribution in [0.5, 0.6) is 0 Å². The van der Waals surface area contributed by atoms with Crippen LogP contribution >= 0.6 is 11.8 Å². The van der Waals surface area contributed by atoms with Gasteiger partial charge in [0, 0.05) is 32.0 Å². The highest BCUT2D eigenvalue weighted by Gasteiger charge is 2.05. The van der Waals surface area contributed by atoms with Gasteiger partial charge in [-0.1, -0.05) is 0 Å². The first-order chi connectivity index (χ1) is 7.67. The fourth-order valence-electron chi connectivity index (χ4n) is 1.36. The summed E-state index contributed by atoms with van der Waals surface area (Å²) in [5.41, 5.74) is 0. The Kier molecular flexibility index (Phi) is 5.38. The molecule has 1 heterocycles. The molecule has 0 aliphatic heterocycles. The van der Waals surface area contributed by atoms with Crippen LogP contribution in [0.2, 0.25) is 0 Å². The standard InChI is InChI=1S/C11H20N4S/c1-5-12-10-8-11(14-9(2)13-10)15(3)6-7-16-4/h8H,5-7H2,1-4H3,(H,12,13,14). The molecular weight excluding hydrogens is 220 g/mol. The van der Waals surface area contributed by atoms with Gasteiger partial charge in [0.05, 0.1) is 0 Å². The maximum atomic E-state index is 4.43. The van der Waals surface area contributed by atoms with E-state index in [-0.39, 0.29) is 0 Å². The summed E-state index contributed by atoms with van der Waals surface area (Å²) in [4.78, 5) is 10.9. The number of hydrogen-bond acceptors (Lipinski definition) is 5. The lowest BCUT2D eigenvalue weighted by Crippen LogP contribution is -2.22. The van der Waals surface area contributed by atoms with Crippen molar-refractivity contribution in [3.63, 3.8) is 0 Å². The van der Waals surface area contributed by atoms with Gasteiger partial charge in [-0.3, -0.25) is 0 Å². The van der Waals surface area contributed by atoms with Crippen LogP contribution in [0.25, 0.3) is 0 Å². The molecule has 0 aliphatic rings. The first kappa shape index (κ1) is 13.1. The molecule has 0 amide bonds. The van der Waals surface area contributed by atoms with Crippen LogP contribution in [-0.4, -0.2) is 42.1 Å². The molecule has 0 aromatic carbocycles. The van der Waals surface area contributed by atoms with Crippen molar-refractivity contribution in [2.75, 3.05) is 42.4 Å². The number of nitrogens with one attached hydrogen (secondary N) is 1. The lowest BCUT2D eigenvalue weighted by atomic mass is 10.4. The van der Waals surface area contributed by atoms with E-state index in [4.69, 9.17) is 0 Å². The highest BCUT2D eigenvalue weighted by atomic mass is 32.2. The van der Waals surface area contributed by atoms with Crippen molar-refractivity contribution >= 4 is 23.4 Å². The average Bonchev–Trinajstić information content (AvgIpc) is 2.25. The van der Waals surface area contributed by atoms with Crippen LogP contribution in [-0.2, 0) is 0 Å². The van der Waals surface area contributed by atoms with Gasteiger partial charge in [-0.15, -0.1) is 0 Å². The predicted octanol–water partition coefficient (Wildman–Crippen LogP) is 2.02. The Balaban J connectivity index is 2.78. The van der Waals surface area contributed by atoms with Crippen molar-refractivity contribution in [2.45, 2.75) is 13.8 Å². The van der Waals surface area contributed by atoms with Crippen LogP contribution < -0.4 is 10.2 Å². The molecule has 0 unspecified atom stereocenters. The van der Waals surface area contributed by atoms with E-state index >= 15 is 0 Å². The van der Waals surface area contributed by atoms with E-state index in [1.54, 1.807) is 0 Å². The zero-order valence-electron chi connectivity index (χ0n) is 10.4. The topological polar surface area (TPSA) is 41.0 Å². The second kappa shape index (κ2) is 6.58. The average molecular weight is 240 g/mol. The van der Waals surface area contributed by atoms with Crippen molar-refractivity contribution < 1.29 is 0 Å². The second-order valence-corrected chi connectivity index (χ2v) is 4.59. The molecule has 0 atom stereocenters. The van der Waals surface area contributed by atoms with Gasteiger partial charge >= 0.3 is 0 Å². The van der Waals surface area contributed by atoms with Crippen molar-refractivity contribution in [3.8, 4) is 0 Å². The van der Waals surface area contributed by atoms with Gasteiger partial charge < -0.3 is 10.2 Å². The quantitative estimate of drug-likeness (QED) is 0.824. The van der Waals surface area contributed by atoms with Gasteiger partial charge in [-0.25, -0.2) is 9.97 Å². The van der Waals surface area contributed by atoms with E-state index in [0.29, 0.717) is 0 Å². The zero-order valence-corrected chi connectivity index (χ0v) is 11.3. The first-order valence-electron chi connectivity index (χ1n) is 5.47. The molecule has 1 aromatic rings. The van der Waals surface area contributed by atoms with E-state index in [9.17, 15) is 0 Å².